The van der Waals surface area contributed by atoms with E-state index in [1.807, 2.05) is 0 Å². The van der Waals surface area contributed by atoms with Gasteiger partial charge in [0.1, 0.15) is 11.5 Å². The Morgan fingerprint density at radius 1 is 1.50 bits per heavy atom. The standard InChI is InChI=1S/C12H21N3O/c1-4-15-6-5-12-10(8-15)11(14-16-12)7-13-9(2)3/h9,13H,4-8H2,1-3H3. The lowest BCUT2D eigenvalue weighted by Crippen LogP contribution is -2.31. The van der Waals surface area contributed by atoms with E-state index in [-0.39, 0.29) is 0 Å². The normalized spacial score (nSPS) is 16.8. The molecule has 1 aliphatic heterocycles. The molecule has 2 heterocycles. The zero-order valence-corrected chi connectivity index (χ0v) is 10.4. The van der Waals surface area contributed by atoms with Gasteiger partial charge in [0, 0.05) is 37.7 Å². The van der Waals surface area contributed by atoms with E-state index < -0.39 is 0 Å². The van der Waals surface area contributed by atoms with E-state index in [4.69, 9.17) is 4.52 Å². The molecule has 0 aromatic carbocycles. The summed E-state index contributed by atoms with van der Waals surface area (Å²) in [4.78, 5) is 2.43. The number of hydrogen-bond donors (Lipinski definition) is 1. The quantitative estimate of drug-likeness (QED) is 0.841. The molecule has 90 valence electrons. The third-order valence-electron chi connectivity index (χ3n) is 3.11. The van der Waals surface area contributed by atoms with Crippen LogP contribution in [0.15, 0.2) is 4.52 Å². The smallest absolute Gasteiger partial charge is 0.142 e. The SMILES string of the molecule is CCN1CCc2onc(CNC(C)C)c2C1. The first-order valence-electron chi connectivity index (χ1n) is 6.12. The van der Waals surface area contributed by atoms with Crippen LogP contribution in [0.25, 0.3) is 0 Å². The van der Waals surface area contributed by atoms with Gasteiger partial charge in [0.05, 0.1) is 0 Å². The average Bonchev–Trinajstić information content (AvgIpc) is 2.68. The maximum absolute atomic E-state index is 5.40. The van der Waals surface area contributed by atoms with Crippen LogP contribution in [-0.4, -0.2) is 29.2 Å². The van der Waals surface area contributed by atoms with Crippen molar-refractivity contribution in [2.75, 3.05) is 13.1 Å². The molecule has 0 spiro atoms. The molecule has 16 heavy (non-hydrogen) atoms. The van der Waals surface area contributed by atoms with Gasteiger partial charge in [0.25, 0.3) is 0 Å². The number of likely N-dealkylation sites (N-methyl/N-ethyl adjacent to an activating group) is 1. The van der Waals surface area contributed by atoms with E-state index in [2.05, 4.69) is 36.1 Å². The van der Waals surface area contributed by atoms with Crippen molar-refractivity contribution in [2.45, 2.75) is 46.3 Å². The van der Waals surface area contributed by atoms with Gasteiger partial charge in [-0.3, -0.25) is 4.90 Å². The molecule has 0 fully saturated rings. The van der Waals surface area contributed by atoms with Crippen molar-refractivity contribution in [3.05, 3.63) is 17.0 Å². The van der Waals surface area contributed by atoms with Crippen LogP contribution in [0, 0.1) is 0 Å². The molecule has 0 bridgehead atoms. The summed E-state index contributed by atoms with van der Waals surface area (Å²) in [7, 11) is 0. The van der Waals surface area contributed by atoms with Crippen molar-refractivity contribution >= 4 is 0 Å². The predicted octanol–water partition coefficient (Wildman–Crippen LogP) is 1.55. The number of hydrogen-bond acceptors (Lipinski definition) is 4. The van der Waals surface area contributed by atoms with Gasteiger partial charge in [-0.1, -0.05) is 25.9 Å². The summed E-state index contributed by atoms with van der Waals surface area (Å²) >= 11 is 0. The fourth-order valence-electron chi connectivity index (χ4n) is 2.03. The molecule has 1 aromatic rings. The summed E-state index contributed by atoms with van der Waals surface area (Å²) in [5.41, 5.74) is 2.39. The van der Waals surface area contributed by atoms with Gasteiger partial charge in [0.2, 0.25) is 0 Å². The molecular weight excluding hydrogens is 202 g/mol. The van der Waals surface area contributed by atoms with Crippen LogP contribution in [0.4, 0.5) is 0 Å². The number of nitrogens with zero attached hydrogens (tertiary/aromatic N) is 2. The molecule has 0 atom stereocenters. The second-order valence-electron chi connectivity index (χ2n) is 4.69. The lowest BCUT2D eigenvalue weighted by atomic mass is 10.1. The molecule has 0 amide bonds. The highest BCUT2D eigenvalue weighted by molar-refractivity contribution is 5.25. The minimum absolute atomic E-state index is 0.484. The van der Waals surface area contributed by atoms with Gasteiger partial charge in [-0.2, -0.15) is 0 Å². The second-order valence-corrected chi connectivity index (χ2v) is 4.69. The van der Waals surface area contributed by atoms with Gasteiger partial charge in [-0.15, -0.1) is 0 Å². The molecule has 1 N–H and O–H groups in total. The number of fused-ring (bicyclic) bond motifs is 1. The van der Waals surface area contributed by atoms with Gasteiger partial charge >= 0.3 is 0 Å². The number of rotatable bonds is 4. The Morgan fingerprint density at radius 3 is 3.00 bits per heavy atom. The highest BCUT2D eigenvalue weighted by Crippen LogP contribution is 2.22. The van der Waals surface area contributed by atoms with Gasteiger partial charge in [-0.05, 0) is 6.54 Å². The summed E-state index contributed by atoms with van der Waals surface area (Å²) in [5.74, 6) is 1.09. The van der Waals surface area contributed by atoms with Crippen LogP contribution in [0.1, 0.15) is 37.8 Å². The summed E-state index contributed by atoms with van der Waals surface area (Å²) in [6.07, 6.45) is 0.998. The van der Waals surface area contributed by atoms with E-state index in [0.29, 0.717) is 6.04 Å². The molecule has 0 aliphatic carbocycles. The third kappa shape index (κ3) is 2.44. The Kier molecular flexibility index (Phi) is 3.61. The van der Waals surface area contributed by atoms with Crippen molar-refractivity contribution in [1.29, 1.82) is 0 Å². The minimum atomic E-state index is 0.484. The first-order valence-corrected chi connectivity index (χ1v) is 6.12. The lowest BCUT2D eigenvalue weighted by molar-refractivity contribution is 0.247. The van der Waals surface area contributed by atoms with Crippen LogP contribution >= 0.6 is 0 Å². The van der Waals surface area contributed by atoms with Crippen LogP contribution in [0.3, 0.4) is 0 Å². The molecular formula is C12H21N3O. The van der Waals surface area contributed by atoms with Crippen LogP contribution < -0.4 is 5.32 Å². The van der Waals surface area contributed by atoms with Crippen molar-refractivity contribution in [1.82, 2.24) is 15.4 Å². The zero-order valence-electron chi connectivity index (χ0n) is 10.4. The first kappa shape index (κ1) is 11.6. The van der Waals surface area contributed by atoms with E-state index >= 15 is 0 Å². The third-order valence-corrected chi connectivity index (χ3v) is 3.11. The monoisotopic (exact) mass is 223 g/mol. The Bertz CT molecular complexity index is 346. The average molecular weight is 223 g/mol. The summed E-state index contributed by atoms with van der Waals surface area (Å²) < 4.78 is 5.40. The summed E-state index contributed by atoms with van der Waals surface area (Å²) in [6.45, 7) is 10.5. The van der Waals surface area contributed by atoms with Crippen molar-refractivity contribution < 1.29 is 4.52 Å². The second kappa shape index (κ2) is 4.97. The molecule has 0 radical (unpaired) electrons. The molecule has 1 aliphatic rings. The molecule has 0 saturated carbocycles. The molecule has 4 heteroatoms. The Balaban J connectivity index is 2.07. The van der Waals surface area contributed by atoms with E-state index in [1.165, 1.54) is 5.56 Å². The molecule has 4 nitrogen and oxygen atoms in total. The van der Waals surface area contributed by atoms with Crippen molar-refractivity contribution in [3.63, 3.8) is 0 Å². The highest BCUT2D eigenvalue weighted by Gasteiger charge is 2.22. The van der Waals surface area contributed by atoms with Crippen LogP contribution in [0.2, 0.25) is 0 Å². The van der Waals surface area contributed by atoms with E-state index in [0.717, 1.165) is 44.1 Å². The predicted molar refractivity (Wildman–Crippen MR) is 63.1 cm³/mol. The fraction of sp³-hybridized carbons (Fsp3) is 0.750. The van der Waals surface area contributed by atoms with Gasteiger partial charge in [0.15, 0.2) is 0 Å². The molecule has 1 aromatic heterocycles. The maximum atomic E-state index is 5.40. The van der Waals surface area contributed by atoms with Gasteiger partial charge in [-0.25, -0.2) is 0 Å². The van der Waals surface area contributed by atoms with E-state index in [9.17, 15) is 0 Å². The Hall–Kier alpha value is -0.870. The first-order chi connectivity index (χ1) is 7.70. The zero-order chi connectivity index (χ0) is 11.5. The maximum Gasteiger partial charge on any atom is 0.142 e. The van der Waals surface area contributed by atoms with Crippen LogP contribution in [-0.2, 0) is 19.5 Å². The number of aromatic nitrogens is 1. The fourth-order valence-corrected chi connectivity index (χ4v) is 2.03. The molecule has 2 rings (SSSR count). The summed E-state index contributed by atoms with van der Waals surface area (Å²) in [5, 5.41) is 7.56. The Morgan fingerprint density at radius 2 is 2.31 bits per heavy atom. The van der Waals surface area contributed by atoms with Crippen molar-refractivity contribution in [3.8, 4) is 0 Å². The lowest BCUT2D eigenvalue weighted by Gasteiger charge is -2.24. The largest absolute Gasteiger partial charge is 0.361 e. The molecule has 0 unspecified atom stereocenters. The van der Waals surface area contributed by atoms with Gasteiger partial charge < -0.3 is 9.84 Å². The highest BCUT2D eigenvalue weighted by atomic mass is 16.5. The number of nitrogens with one attached hydrogen (secondary N) is 1. The van der Waals surface area contributed by atoms with Crippen LogP contribution in [0.5, 0.6) is 0 Å². The topological polar surface area (TPSA) is 41.3 Å². The van der Waals surface area contributed by atoms with Crippen molar-refractivity contribution in [2.24, 2.45) is 0 Å². The van der Waals surface area contributed by atoms with E-state index in [1.54, 1.807) is 0 Å². The Labute approximate surface area is 97.0 Å². The molecule has 0 saturated heterocycles. The minimum Gasteiger partial charge on any atom is -0.361 e. The summed E-state index contributed by atoms with van der Waals surface area (Å²) in [6, 6.07) is 0.484.